The van der Waals surface area contributed by atoms with E-state index in [1.807, 2.05) is 30.5 Å². The first-order chi connectivity index (χ1) is 15.1. The number of anilines is 1. The van der Waals surface area contributed by atoms with Crippen LogP contribution in [0.25, 0.3) is 0 Å². The number of nitrogens with one attached hydrogen (secondary N) is 1. The number of carbonyl (C=O) groups excluding carboxylic acids is 1. The van der Waals surface area contributed by atoms with Gasteiger partial charge in [0.15, 0.2) is 11.5 Å². The molecule has 1 atom stereocenters. The van der Waals surface area contributed by atoms with E-state index in [4.69, 9.17) is 14.2 Å². The molecule has 8 heteroatoms. The van der Waals surface area contributed by atoms with Gasteiger partial charge in [-0.15, -0.1) is 0 Å². The molecule has 1 N–H and O–H groups in total. The van der Waals surface area contributed by atoms with E-state index in [2.05, 4.69) is 9.88 Å². The zero-order chi connectivity index (χ0) is 22.0. The molecule has 0 spiro atoms. The highest BCUT2D eigenvalue weighted by Crippen LogP contribution is 2.43. The summed E-state index contributed by atoms with van der Waals surface area (Å²) in [6.45, 7) is 1.08. The Bertz CT molecular complexity index is 1070. The highest BCUT2D eigenvalue weighted by Gasteiger charge is 2.34. The molecule has 2 aromatic carbocycles. The van der Waals surface area contributed by atoms with E-state index in [-0.39, 0.29) is 5.69 Å². The highest BCUT2D eigenvalue weighted by molar-refractivity contribution is 5.90. The SMILES string of the molecule is COc1cc([C@H]2c3cccn3CCN2C(=O)Nc2ccccc2F)cc(OC)c1OC. The van der Waals surface area contributed by atoms with Crippen molar-refractivity contribution in [1.29, 1.82) is 0 Å². The fourth-order valence-electron chi connectivity index (χ4n) is 3.96. The zero-order valence-electron chi connectivity index (χ0n) is 17.6. The van der Waals surface area contributed by atoms with Gasteiger partial charge >= 0.3 is 6.03 Å². The van der Waals surface area contributed by atoms with Crippen LogP contribution in [0.5, 0.6) is 17.2 Å². The summed E-state index contributed by atoms with van der Waals surface area (Å²) in [7, 11) is 4.64. The topological polar surface area (TPSA) is 65.0 Å². The van der Waals surface area contributed by atoms with Crippen LogP contribution in [-0.2, 0) is 6.54 Å². The summed E-state index contributed by atoms with van der Waals surface area (Å²) in [6.07, 6.45) is 1.98. The van der Waals surface area contributed by atoms with Crippen LogP contribution in [0.3, 0.4) is 0 Å². The Labute approximate surface area is 179 Å². The summed E-state index contributed by atoms with van der Waals surface area (Å²) in [4.78, 5) is 14.9. The molecule has 0 radical (unpaired) electrons. The van der Waals surface area contributed by atoms with Crippen LogP contribution in [0, 0.1) is 5.82 Å². The van der Waals surface area contributed by atoms with Crippen molar-refractivity contribution in [3.63, 3.8) is 0 Å². The lowest BCUT2D eigenvalue weighted by molar-refractivity contribution is 0.181. The number of para-hydroxylation sites is 1. The van der Waals surface area contributed by atoms with Crippen LogP contribution in [0.2, 0.25) is 0 Å². The van der Waals surface area contributed by atoms with Gasteiger partial charge in [-0.3, -0.25) is 0 Å². The molecule has 31 heavy (non-hydrogen) atoms. The van der Waals surface area contributed by atoms with Crippen LogP contribution in [-0.4, -0.2) is 43.4 Å². The van der Waals surface area contributed by atoms with Crippen molar-refractivity contribution in [3.8, 4) is 17.2 Å². The maximum atomic E-state index is 14.1. The largest absolute Gasteiger partial charge is 0.493 e. The first-order valence-corrected chi connectivity index (χ1v) is 9.84. The van der Waals surface area contributed by atoms with Gasteiger partial charge in [0.05, 0.1) is 33.1 Å². The molecule has 4 rings (SSSR count). The molecule has 162 valence electrons. The third-order valence-electron chi connectivity index (χ3n) is 5.42. The minimum Gasteiger partial charge on any atom is -0.493 e. The predicted octanol–water partition coefficient (Wildman–Crippen LogP) is 4.29. The molecule has 7 nitrogen and oxygen atoms in total. The minimum absolute atomic E-state index is 0.136. The van der Waals surface area contributed by atoms with E-state index in [1.165, 1.54) is 12.1 Å². The third kappa shape index (κ3) is 3.76. The highest BCUT2D eigenvalue weighted by atomic mass is 19.1. The number of hydrogen-bond donors (Lipinski definition) is 1. The Morgan fingerprint density at radius 3 is 2.35 bits per heavy atom. The van der Waals surface area contributed by atoms with Gasteiger partial charge < -0.3 is 29.0 Å². The average Bonchev–Trinajstić information content (AvgIpc) is 3.27. The number of fused-ring (bicyclic) bond motifs is 1. The second-order valence-electron chi connectivity index (χ2n) is 7.09. The van der Waals surface area contributed by atoms with Crippen LogP contribution < -0.4 is 19.5 Å². The van der Waals surface area contributed by atoms with Crippen molar-refractivity contribution in [2.75, 3.05) is 33.2 Å². The monoisotopic (exact) mass is 425 g/mol. The lowest BCUT2D eigenvalue weighted by Crippen LogP contribution is -2.44. The number of rotatable bonds is 5. The fourth-order valence-corrected chi connectivity index (χ4v) is 3.96. The number of carbonyl (C=O) groups is 1. The molecule has 0 bridgehead atoms. The summed E-state index contributed by atoms with van der Waals surface area (Å²) < 4.78 is 32.7. The summed E-state index contributed by atoms with van der Waals surface area (Å²) in [5.74, 6) is 0.979. The Morgan fingerprint density at radius 1 is 1.00 bits per heavy atom. The van der Waals surface area contributed by atoms with E-state index in [1.54, 1.807) is 38.4 Å². The molecule has 1 aliphatic rings. The van der Waals surface area contributed by atoms with Gasteiger partial charge in [0.2, 0.25) is 5.75 Å². The number of methoxy groups -OCH3 is 3. The zero-order valence-corrected chi connectivity index (χ0v) is 17.6. The van der Waals surface area contributed by atoms with Gasteiger partial charge in [0, 0.05) is 25.0 Å². The number of nitrogens with zero attached hydrogens (tertiary/aromatic N) is 2. The second-order valence-corrected chi connectivity index (χ2v) is 7.09. The van der Waals surface area contributed by atoms with E-state index in [0.29, 0.717) is 30.3 Å². The maximum Gasteiger partial charge on any atom is 0.322 e. The van der Waals surface area contributed by atoms with Crippen molar-refractivity contribution in [2.24, 2.45) is 0 Å². The number of halogens is 1. The van der Waals surface area contributed by atoms with Gasteiger partial charge in [-0.05, 0) is 42.0 Å². The first kappa shape index (κ1) is 20.6. The molecule has 0 unspecified atom stereocenters. The summed E-state index contributed by atoms with van der Waals surface area (Å²) in [5.41, 5.74) is 1.86. The number of hydrogen-bond acceptors (Lipinski definition) is 4. The van der Waals surface area contributed by atoms with E-state index in [0.717, 1.165) is 11.3 Å². The number of ether oxygens (including phenoxy) is 3. The third-order valence-corrected chi connectivity index (χ3v) is 5.42. The molecule has 1 aromatic heterocycles. The Hall–Kier alpha value is -3.68. The quantitative estimate of drug-likeness (QED) is 0.662. The van der Waals surface area contributed by atoms with Crippen molar-refractivity contribution in [3.05, 3.63) is 71.8 Å². The van der Waals surface area contributed by atoms with Crippen LogP contribution in [0.15, 0.2) is 54.7 Å². The average molecular weight is 425 g/mol. The van der Waals surface area contributed by atoms with Crippen molar-refractivity contribution in [1.82, 2.24) is 9.47 Å². The summed E-state index contributed by atoms with van der Waals surface area (Å²) in [6, 6.07) is 12.9. The van der Waals surface area contributed by atoms with Gasteiger partial charge in [0.1, 0.15) is 5.82 Å². The smallest absolute Gasteiger partial charge is 0.322 e. The minimum atomic E-state index is -0.486. The van der Waals surface area contributed by atoms with Gasteiger partial charge in [-0.2, -0.15) is 0 Å². The molecule has 0 saturated carbocycles. The molecule has 2 heterocycles. The molecule has 3 aromatic rings. The standard InChI is InChI=1S/C23H24FN3O4/c1-29-19-13-15(14-20(30-2)22(19)31-3)21-18-9-6-10-26(18)11-12-27(21)23(28)25-17-8-5-4-7-16(17)24/h4-10,13-14,21H,11-12H2,1-3H3,(H,25,28)/t21-/m0/s1. The van der Waals surface area contributed by atoms with E-state index >= 15 is 0 Å². The van der Waals surface area contributed by atoms with Crippen molar-refractivity contribution < 1.29 is 23.4 Å². The van der Waals surface area contributed by atoms with Crippen LogP contribution in [0.4, 0.5) is 14.9 Å². The van der Waals surface area contributed by atoms with E-state index < -0.39 is 17.9 Å². The molecular weight excluding hydrogens is 401 g/mol. The molecule has 0 fully saturated rings. The summed E-state index contributed by atoms with van der Waals surface area (Å²) >= 11 is 0. The number of benzene rings is 2. The lowest BCUT2D eigenvalue weighted by atomic mass is 9.99. The Morgan fingerprint density at radius 2 is 1.71 bits per heavy atom. The van der Waals surface area contributed by atoms with Crippen molar-refractivity contribution >= 4 is 11.7 Å². The summed E-state index contributed by atoms with van der Waals surface area (Å²) in [5, 5.41) is 2.70. The molecule has 1 aliphatic heterocycles. The lowest BCUT2D eigenvalue weighted by Gasteiger charge is -2.37. The molecule has 2 amide bonds. The Balaban J connectivity index is 1.77. The normalized spacial score (nSPS) is 15.2. The van der Waals surface area contributed by atoms with Gasteiger partial charge in [-0.1, -0.05) is 12.1 Å². The van der Waals surface area contributed by atoms with Gasteiger partial charge in [-0.25, -0.2) is 9.18 Å². The molecular formula is C23H24FN3O4. The first-order valence-electron chi connectivity index (χ1n) is 9.84. The maximum absolute atomic E-state index is 14.1. The van der Waals surface area contributed by atoms with Gasteiger partial charge in [0.25, 0.3) is 0 Å². The molecule has 0 saturated heterocycles. The fraction of sp³-hybridized carbons (Fsp3) is 0.261. The number of aromatic nitrogens is 1. The molecule has 0 aliphatic carbocycles. The second kappa shape index (κ2) is 8.59. The predicted molar refractivity (Wildman–Crippen MR) is 114 cm³/mol. The van der Waals surface area contributed by atoms with Crippen LogP contribution >= 0.6 is 0 Å². The van der Waals surface area contributed by atoms with E-state index in [9.17, 15) is 9.18 Å². The Kier molecular flexibility index (Phi) is 5.70. The number of urea groups is 1. The van der Waals surface area contributed by atoms with Crippen molar-refractivity contribution in [2.45, 2.75) is 12.6 Å². The van der Waals surface area contributed by atoms with Crippen LogP contribution in [0.1, 0.15) is 17.3 Å². The number of amides is 2.